The Morgan fingerprint density at radius 3 is 3.00 bits per heavy atom. The quantitative estimate of drug-likeness (QED) is 0.855. The molecule has 1 aromatic heterocycles. The minimum absolute atomic E-state index is 0.286. The summed E-state index contributed by atoms with van der Waals surface area (Å²) in [6.45, 7) is 5.98. The van der Waals surface area contributed by atoms with Gasteiger partial charge in [-0.3, -0.25) is 4.98 Å². The van der Waals surface area contributed by atoms with E-state index in [4.69, 9.17) is 0 Å². The van der Waals surface area contributed by atoms with E-state index in [9.17, 15) is 5.11 Å². The number of nitrogens with one attached hydrogen (secondary N) is 1. The van der Waals surface area contributed by atoms with E-state index in [0.29, 0.717) is 18.6 Å². The average molecular weight is 249 g/mol. The van der Waals surface area contributed by atoms with Crippen LogP contribution in [0.4, 0.5) is 0 Å². The largest absolute Gasteiger partial charge is 0.506 e. The minimum atomic E-state index is 0.286. The van der Waals surface area contributed by atoms with E-state index in [1.807, 2.05) is 13.0 Å². The van der Waals surface area contributed by atoms with Gasteiger partial charge in [-0.1, -0.05) is 0 Å². The van der Waals surface area contributed by atoms with Crippen molar-refractivity contribution in [2.45, 2.75) is 45.3 Å². The molecule has 0 aliphatic carbocycles. The molecule has 2 rings (SSSR count). The van der Waals surface area contributed by atoms with Crippen LogP contribution in [-0.2, 0) is 6.54 Å². The SMILES string of the molecule is Cc1ccc(O)c(CNC2CCN(C)C(C)C2)n1. The van der Waals surface area contributed by atoms with E-state index < -0.39 is 0 Å². The second-order valence-corrected chi connectivity index (χ2v) is 5.35. The molecule has 0 aromatic carbocycles. The first-order valence-electron chi connectivity index (χ1n) is 6.65. The molecule has 0 spiro atoms. The third-order valence-electron chi connectivity index (χ3n) is 3.86. The molecule has 2 atom stereocenters. The molecule has 2 unspecified atom stereocenters. The first-order chi connectivity index (χ1) is 8.56. The Labute approximate surface area is 109 Å². The van der Waals surface area contributed by atoms with Gasteiger partial charge in [-0.05, 0) is 52.4 Å². The highest BCUT2D eigenvalue weighted by Crippen LogP contribution is 2.18. The molecule has 4 nitrogen and oxygen atoms in total. The third kappa shape index (κ3) is 3.21. The van der Waals surface area contributed by atoms with Crippen molar-refractivity contribution >= 4 is 0 Å². The fourth-order valence-corrected chi connectivity index (χ4v) is 2.45. The van der Waals surface area contributed by atoms with Crippen LogP contribution >= 0.6 is 0 Å². The summed E-state index contributed by atoms with van der Waals surface area (Å²) in [5, 5.41) is 13.3. The predicted octanol–water partition coefficient (Wildman–Crippen LogP) is 1.67. The Balaban J connectivity index is 1.90. The summed E-state index contributed by atoms with van der Waals surface area (Å²) in [5.41, 5.74) is 1.70. The fourth-order valence-electron chi connectivity index (χ4n) is 2.45. The van der Waals surface area contributed by atoms with Gasteiger partial charge in [0.05, 0.1) is 5.69 Å². The Bertz CT molecular complexity index is 408. The second-order valence-electron chi connectivity index (χ2n) is 5.35. The Hall–Kier alpha value is -1.13. The zero-order valence-corrected chi connectivity index (χ0v) is 11.5. The van der Waals surface area contributed by atoms with Crippen molar-refractivity contribution in [1.29, 1.82) is 0 Å². The maximum Gasteiger partial charge on any atom is 0.138 e. The fraction of sp³-hybridized carbons (Fsp3) is 0.643. The number of aromatic hydroxyl groups is 1. The van der Waals surface area contributed by atoms with Crippen molar-refractivity contribution in [2.75, 3.05) is 13.6 Å². The number of hydrogen-bond acceptors (Lipinski definition) is 4. The summed E-state index contributed by atoms with van der Waals surface area (Å²) in [4.78, 5) is 6.76. The third-order valence-corrected chi connectivity index (χ3v) is 3.86. The summed E-state index contributed by atoms with van der Waals surface area (Å²) >= 11 is 0. The number of likely N-dealkylation sites (tertiary alicyclic amines) is 1. The molecule has 100 valence electrons. The van der Waals surface area contributed by atoms with Gasteiger partial charge in [0.2, 0.25) is 0 Å². The van der Waals surface area contributed by atoms with Crippen LogP contribution in [0.3, 0.4) is 0 Å². The zero-order chi connectivity index (χ0) is 13.1. The summed E-state index contributed by atoms with van der Waals surface area (Å²) in [7, 11) is 2.18. The molecular weight excluding hydrogens is 226 g/mol. The Kier molecular flexibility index (Phi) is 4.19. The highest BCUT2D eigenvalue weighted by Gasteiger charge is 2.22. The predicted molar refractivity (Wildman–Crippen MR) is 72.6 cm³/mol. The summed E-state index contributed by atoms with van der Waals surface area (Å²) < 4.78 is 0. The van der Waals surface area contributed by atoms with E-state index in [1.54, 1.807) is 6.07 Å². The van der Waals surface area contributed by atoms with Crippen LogP contribution in [0.5, 0.6) is 5.75 Å². The van der Waals surface area contributed by atoms with Gasteiger partial charge in [0.25, 0.3) is 0 Å². The molecular formula is C14H23N3O. The molecule has 0 bridgehead atoms. The number of rotatable bonds is 3. The monoisotopic (exact) mass is 249 g/mol. The summed E-state index contributed by atoms with van der Waals surface area (Å²) in [6.07, 6.45) is 2.32. The lowest BCUT2D eigenvalue weighted by Gasteiger charge is -2.35. The first-order valence-corrected chi connectivity index (χ1v) is 6.65. The second kappa shape index (κ2) is 5.67. The molecule has 1 aromatic rings. The molecule has 1 aliphatic heterocycles. The van der Waals surface area contributed by atoms with E-state index in [0.717, 1.165) is 30.8 Å². The van der Waals surface area contributed by atoms with Crippen molar-refractivity contribution in [3.63, 3.8) is 0 Å². The van der Waals surface area contributed by atoms with Gasteiger partial charge in [-0.2, -0.15) is 0 Å². The van der Waals surface area contributed by atoms with Crippen LogP contribution in [0.15, 0.2) is 12.1 Å². The maximum absolute atomic E-state index is 9.75. The van der Waals surface area contributed by atoms with Gasteiger partial charge >= 0.3 is 0 Å². The Morgan fingerprint density at radius 1 is 1.50 bits per heavy atom. The van der Waals surface area contributed by atoms with Crippen LogP contribution in [0, 0.1) is 6.92 Å². The van der Waals surface area contributed by atoms with Crippen molar-refractivity contribution in [3.8, 4) is 5.75 Å². The maximum atomic E-state index is 9.75. The summed E-state index contributed by atoms with van der Waals surface area (Å²) in [6, 6.07) is 4.70. The molecule has 1 fully saturated rings. The van der Waals surface area contributed by atoms with Gasteiger partial charge < -0.3 is 15.3 Å². The zero-order valence-electron chi connectivity index (χ0n) is 11.5. The number of piperidine rings is 1. The van der Waals surface area contributed by atoms with Gasteiger partial charge in [0.15, 0.2) is 0 Å². The van der Waals surface area contributed by atoms with Crippen molar-refractivity contribution in [1.82, 2.24) is 15.2 Å². The van der Waals surface area contributed by atoms with Crippen LogP contribution < -0.4 is 5.32 Å². The standard InChI is InChI=1S/C14H23N3O/c1-10-4-5-14(18)13(16-10)9-15-12-6-7-17(3)11(2)8-12/h4-5,11-12,15,18H,6-9H2,1-3H3. The topological polar surface area (TPSA) is 48.4 Å². The van der Waals surface area contributed by atoms with Gasteiger partial charge in [-0.15, -0.1) is 0 Å². The lowest BCUT2D eigenvalue weighted by molar-refractivity contribution is 0.167. The average Bonchev–Trinajstić information content (AvgIpc) is 2.34. The molecule has 0 radical (unpaired) electrons. The van der Waals surface area contributed by atoms with Gasteiger partial charge in [0.1, 0.15) is 5.75 Å². The first kappa shape index (κ1) is 13.3. The molecule has 1 aliphatic rings. The van der Waals surface area contributed by atoms with Crippen molar-refractivity contribution in [3.05, 3.63) is 23.5 Å². The van der Waals surface area contributed by atoms with E-state index in [1.165, 1.54) is 0 Å². The minimum Gasteiger partial charge on any atom is -0.506 e. The molecule has 0 amide bonds. The van der Waals surface area contributed by atoms with Crippen LogP contribution in [0.1, 0.15) is 31.2 Å². The van der Waals surface area contributed by atoms with E-state index >= 15 is 0 Å². The number of hydrogen-bond donors (Lipinski definition) is 2. The lowest BCUT2D eigenvalue weighted by Crippen LogP contribution is -2.45. The van der Waals surface area contributed by atoms with Crippen LogP contribution in [0.2, 0.25) is 0 Å². The molecule has 1 saturated heterocycles. The summed E-state index contributed by atoms with van der Waals surface area (Å²) in [5.74, 6) is 0.286. The molecule has 0 saturated carbocycles. The highest BCUT2D eigenvalue weighted by atomic mass is 16.3. The number of aryl methyl sites for hydroxylation is 1. The molecule has 18 heavy (non-hydrogen) atoms. The smallest absolute Gasteiger partial charge is 0.138 e. The normalized spacial score (nSPS) is 25.3. The number of nitrogens with zero attached hydrogens (tertiary/aromatic N) is 2. The number of pyridine rings is 1. The highest BCUT2D eigenvalue weighted by molar-refractivity contribution is 5.27. The van der Waals surface area contributed by atoms with Crippen molar-refractivity contribution < 1.29 is 5.11 Å². The van der Waals surface area contributed by atoms with E-state index in [2.05, 4.69) is 29.2 Å². The van der Waals surface area contributed by atoms with Crippen molar-refractivity contribution in [2.24, 2.45) is 0 Å². The molecule has 2 N–H and O–H groups in total. The molecule has 4 heteroatoms. The lowest BCUT2D eigenvalue weighted by atomic mass is 9.99. The number of aromatic nitrogens is 1. The van der Waals surface area contributed by atoms with Crippen LogP contribution in [0.25, 0.3) is 0 Å². The van der Waals surface area contributed by atoms with Crippen LogP contribution in [-0.4, -0.2) is 40.7 Å². The van der Waals surface area contributed by atoms with Gasteiger partial charge in [-0.25, -0.2) is 0 Å². The van der Waals surface area contributed by atoms with Gasteiger partial charge in [0, 0.05) is 24.3 Å². The Morgan fingerprint density at radius 2 is 2.28 bits per heavy atom. The van der Waals surface area contributed by atoms with E-state index in [-0.39, 0.29) is 5.75 Å². The molecule has 2 heterocycles.